The molecule has 2 rings (SSSR count). The summed E-state index contributed by atoms with van der Waals surface area (Å²) in [6, 6.07) is 12.4. The summed E-state index contributed by atoms with van der Waals surface area (Å²) < 4.78 is 1.10. The van der Waals surface area contributed by atoms with Gasteiger partial charge >= 0.3 is 0 Å². The van der Waals surface area contributed by atoms with E-state index in [1.807, 2.05) is 12.1 Å². The minimum absolute atomic E-state index is 0.444. The Balaban J connectivity index is 2.11. The molecule has 94 valence electrons. The van der Waals surface area contributed by atoms with Crippen molar-refractivity contribution in [3.63, 3.8) is 0 Å². The molecule has 2 aromatic rings. The van der Waals surface area contributed by atoms with Crippen LogP contribution < -0.4 is 4.90 Å². The molecule has 2 nitrogen and oxygen atoms in total. The lowest BCUT2D eigenvalue weighted by Gasteiger charge is -2.19. The van der Waals surface area contributed by atoms with Gasteiger partial charge in [0.05, 0.1) is 11.6 Å². The topological polar surface area (TPSA) is 16.1 Å². The van der Waals surface area contributed by atoms with E-state index >= 15 is 0 Å². The van der Waals surface area contributed by atoms with Crippen LogP contribution in [0.4, 0.5) is 5.69 Å². The highest BCUT2D eigenvalue weighted by atomic mass is 79.9. The Morgan fingerprint density at radius 1 is 1.22 bits per heavy atom. The summed E-state index contributed by atoms with van der Waals surface area (Å²) in [4.78, 5) is 6.38. The summed E-state index contributed by atoms with van der Waals surface area (Å²) in [5.41, 5.74) is 3.30. The summed E-state index contributed by atoms with van der Waals surface area (Å²) in [6.07, 6.45) is 1.80. The molecule has 0 aliphatic carbocycles. The monoisotopic (exact) mass is 324 g/mol. The van der Waals surface area contributed by atoms with Gasteiger partial charge < -0.3 is 4.90 Å². The standard InChI is InChI=1S/C14H14BrClN2/c1-18(10-11-2-4-12(15)5-3-11)14-6-7-17-13(8-14)9-16/h2-8H,9-10H2,1H3. The zero-order valence-electron chi connectivity index (χ0n) is 10.1. The van der Waals surface area contributed by atoms with Gasteiger partial charge in [0.1, 0.15) is 0 Å². The Morgan fingerprint density at radius 3 is 2.61 bits per heavy atom. The van der Waals surface area contributed by atoms with Crippen LogP contribution in [-0.4, -0.2) is 12.0 Å². The Kier molecular flexibility index (Phi) is 4.61. The van der Waals surface area contributed by atoms with Crippen LogP contribution in [0.3, 0.4) is 0 Å². The Morgan fingerprint density at radius 2 is 1.94 bits per heavy atom. The van der Waals surface area contributed by atoms with Crippen LogP contribution in [0.1, 0.15) is 11.3 Å². The maximum Gasteiger partial charge on any atom is 0.0648 e. The summed E-state index contributed by atoms with van der Waals surface area (Å²) >= 11 is 9.23. The molecular weight excluding hydrogens is 312 g/mol. The van der Waals surface area contributed by atoms with Crippen molar-refractivity contribution in [2.75, 3.05) is 11.9 Å². The van der Waals surface area contributed by atoms with E-state index in [0.717, 1.165) is 22.4 Å². The van der Waals surface area contributed by atoms with Gasteiger partial charge in [-0.1, -0.05) is 28.1 Å². The summed E-state index contributed by atoms with van der Waals surface area (Å²) in [7, 11) is 2.06. The van der Waals surface area contributed by atoms with Crippen molar-refractivity contribution in [2.24, 2.45) is 0 Å². The second-order valence-electron chi connectivity index (χ2n) is 4.12. The van der Waals surface area contributed by atoms with Crippen molar-refractivity contribution in [1.29, 1.82) is 0 Å². The Bertz CT molecular complexity index is 513. The molecule has 1 aromatic carbocycles. The maximum atomic E-state index is 5.79. The molecule has 0 unspecified atom stereocenters. The lowest BCUT2D eigenvalue weighted by molar-refractivity contribution is 0.917. The highest BCUT2D eigenvalue weighted by molar-refractivity contribution is 9.10. The molecule has 0 spiro atoms. The van der Waals surface area contributed by atoms with Crippen LogP contribution >= 0.6 is 27.5 Å². The molecule has 0 aliphatic heterocycles. The van der Waals surface area contributed by atoms with E-state index in [2.05, 4.69) is 57.1 Å². The largest absolute Gasteiger partial charge is 0.370 e. The Labute approximate surface area is 121 Å². The highest BCUT2D eigenvalue weighted by Crippen LogP contribution is 2.18. The van der Waals surface area contributed by atoms with Crippen molar-refractivity contribution in [1.82, 2.24) is 4.98 Å². The van der Waals surface area contributed by atoms with E-state index < -0.39 is 0 Å². The number of nitrogens with zero attached hydrogens (tertiary/aromatic N) is 2. The first-order chi connectivity index (χ1) is 8.69. The van der Waals surface area contributed by atoms with Gasteiger partial charge in [-0.05, 0) is 29.8 Å². The van der Waals surface area contributed by atoms with E-state index in [4.69, 9.17) is 11.6 Å². The summed E-state index contributed by atoms with van der Waals surface area (Å²) in [5, 5.41) is 0. The molecule has 0 N–H and O–H groups in total. The molecule has 1 aromatic heterocycles. The minimum Gasteiger partial charge on any atom is -0.370 e. The van der Waals surface area contributed by atoms with Crippen molar-refractivity contribution in [3.05, 3.63) is 58.3 Å². The first-order valence-corrected chi connectivity index (χ1v) is 6.98. The number of hydrogen-bond acceptors (Lipinski definition) is 2. The van der Waals surface area contributed by atoms with E-state index in [0.29, 0.717) is 5.88 Å². The maximum absolute atomic E-state index is 5.79. The second-order valence-corrected chi connectivity index (χ2v) is 5.30. The molecule has 0 saturated heterocycles. The molecule has 0 bridgehead atoms. The molecular formula is C14H14BrClN2. The smallest absolute Gasteiger partial charge is 0.0648 e. The zero-order valence-corrected chi connectivity index (χ0v) is 12.4. The van der Waals surface area contributed by atoms with E-state index in [1.54, 1.807) is 6.20 Å². The first-order valence-electron chi connectivity index (χ1n) is 5.65. The molecule has 1 heterocycles. The third kappa shape index (κ3) is 3.47. The predicted octanol–water partition coefficient (Wildman–Crippen LogP) is 4.22. The minimum atomic E-state index is 0.444. The molecule has 18 heavy (non-hydrogen) atoms. The third-order valence-corrected chi connectivity index (χ3v) is 3.51. The molecule has 0 amide bonds. The van der Waals surface area contributed by atoms with Gasteiger partial charge in [-0.2, -0.15) is 0 Å². The van der Waals surface area contributed by atoms with Gasteiger partial charge in [0.15, 0.2) is 0 Å². The predicted molar refractivity (Wildman–Crippen MR) is 80.0 cm³/mol. The second kappa shape index (κ2) is 6.21. The van der Waals surface area contributed by atoms with Gasteiger partial charge in [-0.25, -0.2) is 0 Å². The fraction of sp³-hybridized carbons (Fsp3) is 0.214. The van der Waals surface area contributed by atoms with Crippen LogP contribution in [-0.2, 0) is 12.4 Å². The van der Waals surface area contributed by atoms with E-state index in [9.17, 15) is 0 Å². The van der Waals surface area contributed by atoms with Gasteiger partial charge in [-0.3, -0.25) is 4.98 Å². The zero-order chi connectivity index (χ0) is 13.0. The first kappa shape index (κ1) is 13.4. The average molecular weight is 326 g/mol. The third-order valence-electron chi connectivity index (χ3n) is 2.71. The van der Waals surface area contributed by atoms with Gasteiger partial charge in [0.25, 0.3) is 0 Å². The molecule has 0 fully saturated rings. The number of aromatic nitrogens is 1. The molecule has 0 radical (unpaired) electrons. The van der Waals surface area contributed by atoms with Crippen molar-refractivity contribution < 1.29 is 0 Å². The number of hydrogen-bond donors (Lipinski definition) is 0. The molecule has 4 heteroatoms. The van der Waals surface area contributed by atoms with Crippen LogP contribution in [0, 0.1) is 0 Å². The number of pyridine rings is 1. The number of anilines is 1. The number of halogens is 2. The normalized spacial score (nSPS) is 10.4. The van der Waals surface area contributed by atoms with Crippen LogP contribution in [0.15, 0.2) is 47.1 Å². The number of benzene rings is 1. The number of alkyl halides is 1. The molecule has 0 aliphatic rings. The fourth-order valence-corrected chi connectivity index (χ4v) is 2.14. The van der Waals surface area contributed by atoms with Crippen LogP contribution in [0.5, 0.6) is 0 Å². The lowest BCUT2D eigenvalue weighted by atomic mass is 10.2. The van der Waals surface area contributed by atoms with E-state index in [1.165, 1.54) is 5.56 Å². The number of rotatable bonds is 4. The van der Waals surface area contributed by atoms with Gasteiger partial charge in [0, 0.05) is 29.9 Å². The van der Waals surface area contributed by atoms with Crippen LogP contribution in [0.25, 0.3) is 0 Å². The van der Waals surface area contributed by atoms with Crippen molar-refractivity contribution >= 4 is 33.2 Å². The average Bonchev–Trinajstić information content (AvgIpc) is 2.41. The lowest BCUT2D eigenvalue weighted by Crippen LogP contribution is -2.16. The SMILES string of the molecule is CN(Cc1ccc(Br)cc1)c1ccnc(CCl)c1. The van der Waals surface area contributed by atoms with Crippen LogP contribution in [0.2, 0.25) is 0 Å². The molecule has 0 atom stereocenters. The van der Waals surface area contributed by atoms with Crippen molar-refractivity contribution in [3.8, 4) is 0 Å². The molecule has 0 saturated carbocycles. The van der Waals surface area contributed by atoms with Gasteiger partial charge in [-0.15, -0.1) is 11.6 Å². The van der Waals surface area contributed by atoms with Gasteiger partial charge in [0.2, 0.25) is 0 Å². The summed E-state index contributed by atoms with van der Waals surface area (Å²) in [5.74, 6) is 0.444. The van der Waals surface area contributed by atoms with E-state index in [-0.39, 0.29) is 0 Å². The van der Waals surface area contributed by atoms with Crippen molar-refractivity contribution in [2.45, 2.75) is 12.4 Å². The Hall–Kier alpha value is -1.06. The quantitative estimate of drug-likeness (QED) is 0.782. The fourth-order valence-electron chi connectivity index (χ4n) is 1.73. The summed E-state index contributed by atoms with van der Waals surface area (Å²) in [6.45, 7) is 0.860. The highest BCUT2D eigenvalue weighted by Gasteiger charge is 2.03.